The van der Waals surface area contributed by atoms with Crippen LogP contribution >= 0.6 is 0 Å². The summed E-state index contributed by atoms with van der Waals surface area (Å²) >= 11 is 0. The largest absolute Gasteiger partial charge is 0.463 e. The molecule has 0 saturated heterocycles. The van der Waals surface area contributed by atoms with Crippen LogP contribution in [0, 0.1) is 5.82 Å². The third kappa shape index (κ3) is 3.49. The Bertz CT molecular complexity index is 1130. The molecule has 3 aromatic rings. The molecule has 32 heavy (non-hydrogen) atoms. The quantitative estimate of drug-likeness (QED) is 0.666. The number of fused-ring (bicyclic) bond motifs is 1. The summed E-state index contributed by atoms with van der Waals surface area (Å²) in [6.07, 6.45) is 6.75. The van der Waals surface area contributed by atoms with Crippen molar-refractivity contribution in [1.29, 1.82) is 0 Å². The van der Waals surface area contributed by atoms with Crippen LogP contribution in [0.15, 0.2) is 53.1 Å². The molecule has 166 valence electrons. The third-order valence-corrected chi connectivity index (χ3v) is 6.44. The predicted molar refractivity (Wildman–Crippen MR) is 117 cm³/mol. The van der Waals surface area contributed by atoms with E-state index in [9.17, 15) is 14.0 Å². The summed E-state index contributed by atoms with van der Waals surface area (Å²) in [7, 11) is 0. The molecule has 0 spiro atoms. The average molecular weight is 436 g/mol. The second-order valence-corrected chi connectivity index (χ2v) is 8.75. The molecule has 2 amide bonds. The fourth-order valence-corrected chi connectivity index (χ4v) is 4.71. The highest BCUT2D eigenvalue weighted by Crippen LogP contribution is 2.34. The van der Waals surface area contributed by atoms with Gasteiger partial charge in [-0.05, 0) is 56.2 Å². The van der Waals surface area contributed by atoms with Crippen LogP contribution in [0.2, 0.25) is 0 Å². The Balaban J connectivity index is 1.55. The van der Waals surface area contributed by atoms with Crippen LogP contribution in [0.5, 0.6) is 0 Å². The number of furan rings is 1. The SMILES string of the molecule is CC1(C(=O)NC2CCCCC2)Cn2nc(-c3ccco3)cc2C(=O)N1c1ccc(F)cc1. The van der Waals surface area contributed by atoms with E-state index in [0.717, 1.165) is 25.7 Å². The number of anilines is 1. The lowest BCUT2D eigenvalue weighted by molar-refractivity contribution is -0.127. The Morgan fingerprint density at radius 2 is 1.94 bits per heavy atom. The first-order valence-electron chi connectivity index (χ1n) is 11.0. The van der Waals surface area contributed by atoms with Crippen LogP contribution in [-0.4, -0.2) is 33.2 Å². The molecular formula is C24H25FN4O3. The van der Waals surface area contributed by atoms with Gasteiger partial charge >= 0.3 is 0 Å². The number of halogens is 1. The number of aromatic nitrogens is 2. The number of rotatable bonds is 4. The fourth-order valence-electron chi connectivity index (χ4n) is 4.71. The molecule has 2 aliphatic rings. The number of benzene rings is 1. The van der Waals surface area contributed by atoms with Gasteiger partial charge in [-0.2, -0.15) is 5.10 Å². The van der Waals surface area contributed by atoms with Crippen molar-refractivity contribution in [1.82, 2.24) is 15.1 Å². The smallest absolute Gasteiger partial charge is 0.277 e. The van der Waals surface area contributed by atoms with Gasteiger partial charge < -0.3 is 9.73 Å². The van der Waals surface area contributed by atoms with Gasteiger partial charge in [-0.25, -0.2) is 4.39 Å². The predicted octanol–water partition coefficient (Wildman–Crippen LogP) is 4.15. The second kappa shape index (κ2) is 7.93. The maximum atomic E-state index is 13.7. The molecule has 1 saturated carbocycles. The number of carbonyl (C=O) groups is 2. The molecule has 1 unspecified atom stereocenters. The Hall–Kier alpha value is -3.42. The van der Waals surface area contributed by atoms with Crippen LogP contribution in [0.1, 0.15) is 49.5 Å². The van der Waals surface area contributed by atoms with Crippen molar-refractivity contribution in [2.75, 3.05) is 4.90 Å². The molecule has 1 aromatic carbocycles. The van der Waals surface area contributed by atoms with Gasteiger partial charge in [-0.3, -0.25) is 19.2 Å². The number of amides is 2. The van der Waals surface area contributed by atoms with E-state index in [4.69, 9.17) is 4.42 Å². The molecule has 8 heteroatoms. The Kier molecular flexibility index (Phi) is 5.07. The number of carbonyl (C=O) groups excluding carboxylic acids is 2. The second-order valence-electron chi connectivity index (χ2n) is 8.75. The van der Waals surface area contributed by atoms with Gasteiger partial charge in [-0.15, -0.1) is 0 Å². The molecule has 1 atom stereocenters. The first kappa shape index (κ1) is 20.5. The minimum atomic E-state index is -1.23. The summed E-state index contributed by atoms with van der Waals surface area (Å²) in [6.45, 7) is 1.91. The summed E-state index contributed by atoms with van der Waals surface area (Å²) < 4.78 is 20.6. The monoisotopic (exact) mass is 436 g/mol. The van der Waals surface area contributed by atoms with E-state index < -0.39 is 11.4 Å². The van der Waals surface area contributed by atoms with E-state index in [1.54, 1.807) is 36.1 Å². The van der Waals surface area contributed by atoms with Crippen LogP contribution in [0.4, 0.5) is 10.1 Å². The van der Waals surface area contributed by atoms with E-state index in [0.29, 0.717) is 22.8 Å². The maximum absolute atomic E-state index is 13.7. The van der Waals surface area contributed by atoms with Crippen molar-refractivity contribution in [3.63, 3.8) is 0 Å². The summed E-state index contributed by atoms with van der Waals surface area (Å²) in [5.41, 5.74) is 0.105. The highest BCUT2D eigenvalue weighted by molar-refractivity contribution is 6.12. The lowest BCUT2D eigenvalue weighted by Crippen LogP contribution is -2.65. The average Bonchev–Trinajstić information content (AvgIpc) is 3.46. The van der Waals surface area contributed by atoms with Crippen molar-refractivity contribution >= 4 is 17.5 Å². The number of nitrogens with zero attached hydrogens (tertiary/aromatic N) is 3. The van der Waals surface area contributed by atoms with Crippen molar-refractivity contribution in [2.24, 2.45) is 0 Å². The van der Waals surface area contributed by atoms with Gasteiger partial charge in [0.2, 0.25) is 5.91 Å². The fraction of sp³-hybridized carbons (Fsp3) is 0.375. The van der Waals surface area contributed by atoms with E-state index in [1.807, 2.05) is 0 Å². The minimum absolute atomic E-state index is 0.0935. The van der Waals surface area contributed by atoms with E-state index in [1.165, 1.54) is 35.6 Å². The lowest BCUT2D eigenvalue weighted by atomic mass is 9.91. The van der Waals surface area contributed by atoms with Crippen molar-refractivity contribution in [3.8, 4) is 11.5 Å². The molecular weight excluding hydrogens is 411 g/mol. The highest BCUT2D eigenvalue weighted by Gasteiger charge is 2.49. The van der Waals surface area contributed by atoms with Crippen LogP contribution in [-0.2, 0) is 11.3 Å². The first-order valence-corrected chi connectivity index (χ1v) is 11.0. The van der Waals surface area contributed by atoms with Crippen molar-refractivity contribution in [2.45, 2.75) is 57.2 Å². The topological polar surface area (TPSA) is 80.4 Å². The van der Waals surface area contributed by atoms with Gasteiger partial charge in [0.15, 0.2) is 5.76 Å². The Morgan fingerprint density at radius 1 is 1.19 bits per heavy atom. The highest BCUT2D eigenvalue weighted by atomic mass is 19.1. The van der Waals surface area contributed by atoms with Crippen molar-refractivity contribution < 1.29 is 18.4 Å². The third-order valence-electron chi connectivity index (χ3n) is 6.44. The van der Waals surface area contributed by atoms with Gasteiger partial charge in [0.05, 0.1) is 12.8 Å². The molecule has 2 aromatic heterocycles. The molecule has 1 N–H and O–H groups in total. The number of hydrogen-bond donors (Lipinski definition) is 1. The summed E-state index contributed by atoms with van der Waals surface area (Å²) in [5, 5.41) is 7.71. The number of hydrogen-bond acceptors (Lipinski definition) is 4. The van der Waals surface area contributed by atoms with Gasteiger partial charge in [0, 0.05) is 17.8 Å². The molecule has 1 aliphatic carbocycles. The zero-order valence-electron chi connectivity index (χ0n) is 17.9. The standard InChI is InChI=1S/C24H25FN4O3/c1-24(23(31)26-17-6-3-2-4-7-17)15-28-20(14-19(27-28)21-8-5-13-32-21)22(30)29(24)18-11-9-16(25)10-12-18/h5,8-14,17H,2-4,6-7,15H2,1H3,(H,26,31). The molecule has 1 aliphatic heterocycles. The van der Waals surface area contributed by atoms with E-state index in [2.05, 4.69) is 10.4 Å². The molecule has 0 radical (unpaired) electrons. The molecule has 5 rings (SSSR count). The summed E-state index contributed by atoms with van der Waals surface area (Å²) in [4.78, 5) is 28.7. The maximum Gasteiger partial charge on any atom is 0.277 e. The summed E-state index contributed by atoms with van der Waals surface area (Å²) in [6, 6.07) is 10.9. The van der Waals surface area contributed by atoms with Gasteiger partial charge in [0.25, 0.3) is 5.91 Å². The molecule has 7 nitrogen and oxygen atoms in total. The van der Waals surface area contributed by atoms with Crippen molar-refractivity contribution in [3.05, 3.63) is 60.2 Å². The zero-order valence-corrected chi connectivity index (χ0v) is 17.9. The molecule has 0 bridgehead atoms. The lowest BCUT2D eigenvalue weighted by Gasteiger charge is -2.44. The minimum Gasteiger partial charge on any atom is -0.463 e. The normalized spacial score (nSPS) is 21.4. The van der Waals surface area contributed by atoms with Gasteiger partial charge in [-0.1, -0.05) is 19.3 Å². The van der Waals surface area contributed by atoms with E-state index >= 15 is 0 Å². The van der Waals surface area contributed by atoms with Gasteiger partial charge in [0.1, 0.15) is 22.7 Å². The first-order chi connectivity index (χ1) is 15.5. The molecule has 1 fully saturated rings. The Labute approximate surface area is 185 Å². The molecule has 3 heterocycles. The number of nitrogens with one attached hydrogen (secondary N) is 1. The van der Waals surface area contributed by atoms with Crippen LogP contribution in [0.25, 0.3) is 11.5 Å². The zero-order chi connectivity index (χ0) is 22.3. The summed E-state index contributed by atoms with van der Waals surface area (Å²) in [5.74, 6) is -0.463. The van der Waals surface area contributed by atoms with E-state index in [-0.39, 0.29) is 24.4 Å². The van der Waals surface area contributed by atoms with Crippen LogP contribution < -0.4 is 10.2 Å². The Morgan fingerprint density at radius 3 is 2.62 bits per heavy atom. The van der Waals surface area contributed by atoms with Crippen LogP contribution in [0.3, 0.4) is 0 Å².